The fraction of sp³-hybridized carbons (Fsp3) is 0.308. The number of halogens is 1. The van der Waals surface area contributed by atoms with Gasteiger partial charge < -0.3 is 10.6 Å². The van der Waals surface area contributed by atoms with Crippen molar-refractivity contribution in [3.05, 3.63) is 39.7 Å². The number of anilines is 2. The Morgan fingerprint density at radius 2 is 2.28 bits per heavy atom. The summed E-state index contributed by atoms with van der Waals surface area (Å²) in [7, 11) is 0. The molecule has 18 heavy (non-hydrogen) atoms. The molecule has 0 amide bonds. The monoisotopic (exact) mass is 281 g/mol. The zero-order valence-corrected chi connectivity index (χ0v) is 12.0. The maximum absolute atomic E-state index is 6.23. The molecule has 2 N–H and O–H groups in total. The van der Waals surface area contributed by atoms with E-state index in [0.29, 0.717) is 16.8 Å². The van der Waals surface area contributed by atoms with Gasteiger partial charge in [-0.3, -0.25) is 0 Å². The summed E-state index contributed by atoms with van der Waals surface area (Å²) in [5, 5.41) is 2.67. The van der Waals surface area contributed by atoms with Crippen LogP contribution in [-0.2, 0) is 6.54 Å². The lowest BCUT2D eigenvalue weighted by Crippen LogP contribution is -2.30. The number of aromatic nitrogens is 1. The summed E-state index contributed by atoms with van der Waals surface area (Å²) in [4.78, 5) is 7.82. The minimum atomic E-state index is 0.320. The van der Waals surface area contributed by atoms with Gasteiger partial charge in [-0.1, -0.05) is 17.7 Å². The second kappa shape index (κ2) is 5.59. The zero-order chi connectivity index (χ0) is 13.1. The summed E-state index contributed by atoms with van der Waals surface area (Å²) >= 11 is 7.96. The third-order valence-electron chi connectivity index (χ3n) is 2.64. The van der Waals surface area contributed by atoms with Crippen LogP contribution in [0, 0.1) is 0 Å². The maximum atomic E-state index is 6.23. The Balaban J connectivity index is 2.29. The van der Waals surface area contributed by atoms with Crippen LogP contribution < -0.4 is 10.6 Å². The number of nitrogens with zero attached hydrogens (tertiary/aromatic N) is 2. The molecule has 0 spiro atoms. The highest BCUT2D eigenvalue weighted by atomic mass is 35.5. The molecule has 0 saturated carbocycles. The number of hydrogen-bond acceptors (Lipinski definition) is 4. The smallest absolute Gasteiger partial charge is 0.148 e. The molecule has 0 atom stereocenters. The van der Waals surface area contributed by atoms with Crippen molar-refractivity contribution in [1.82, 2.24) is 4.98 Å². The van der Waals surface area contributed by atoms with Gasteiger partial charge in [0, 0.05) is 10.9 Å². The molecule has 96 valence electrons. The normalized spacial score (nSPS) is 10.9. The van der Waals surface area contributed by atoms with Crippen LogP contribution in [0.2, 0.25) is 5.02 Å². The summed E-state index contributed by atoms with van der Waals surface area (Å²) in [6.07, 6.45) is 1.64. The van der Waals surface area contributed by atoms with Gasteiger partial charge in [-0.05, 0) is 31.4 Å². The first-order chi connectivity index (χ1) is 8.58. The van der Waals surface area contributed by atoms with Crippen LogP contribution in [-0.4, -0.2) is 11.0 Å². The van der Waals surface area contributed by atoms with Crippen LogP contribution in [0.15, 0.2) is 29.8 Å². The lowest BCUT2D eigenvalue weighted by Gasteiger charge is -2.28. The molecule has 0 saturated heterocycles. The van der Waals surface area contributed by atoms with Crippen LogP contribution in [0.3, 0.4) is 0 Å². The number of nitrogens with two attached hydrogens (primary N) is 1. The van der Waals surface area contributed by atoms with Gasteiger partial charge >= 0.3 is 0 Å². The van der Waals surface area contributed by atoms with Gasteiger partial charge in [0.2, 0.25) is 0 Å². The number of nitrogen functional groups attached to an aromatic ring is 1. The van der Waals surface area contributed by atoms with Crippen LogP contribution in [0.1, 0.15) is 18.7 Å². The van der Waals surface area contributed by atoms with Crippen molar-refractivity contribution < 1.29 is 0 Å². The number of thiophene rings is 1. The Morgan fingerprint density at radius 3 is 2.83 bits per heavy atom. The first kappa shape index (κ1) is 13.2. The molecule has 2 heterocycles. The molecule has 0 radical (unpaired) electrons. The Bertz CT molecular complexity index is 511. The number of pyridine rings is 1. The standard InChI is InChI=1S/C13H16ClN3S/c1-9(2)17(8-11-4-3-5-18-11)13-12(14)6-10(15)7-16-13/h3-7,9H,8,15H2,1-2H3. The van der Waals surface area contributed by atoms with E-state index >= 15 is 0 Å². The summed E-state index contributed by atoms with van der Waals surface area (Å²) < 4.78 is 0. The fourth-order valence-electron chi connectivity index (χ4n) is 1.73. The van der Waals surface area contributed by atoms with Crippen molar-refractivity contribution in [3.63, 3.8) is 0 Å². The largest absolute Gasteiger partial charge is 0.397 e. The zero-order valence-electron chi connectivity index (χ0n) is 10.4. The van der Waals surface area contributed by atoms with Gasteiger partial charge in [0.05, 0.1) is 23.5 Å². The van der Waals surface area contributed by atoms with Gasteiger partial charge in [0.1, 0.15) is 5.82 Å². The second-order valence-electron chi connectivity index (χ2n) is 4.38. The molecule has 0 fully saturated rings. The molecule has 0 aliphatic rings. The highest BCUT2D eigenvalue weighted by molar-refractivity contribution is 7.09. The average Bonchev–Trinajstić information content (AvgIpc) is 2.79. The van der Waals surface area contributed by atoms with Gasteiger partial charge in [0.15, 0.2) is 0 Å². The van der Waals surface area contributed by atoms with Crippen LogP contribution in [0.25, 0.3) is 0 Å². The lowest BCUT2D eigenvalue weighted by atomic mass is 10.2. The van der Waals surface area contributed by atoms with Crippen molar-refractivity contribution in [2.75, 3.05) is 10.6 Å². The molecule has 0 aliphatic heterocycles. The third kappa shape index (κ3) is 2.94. The summed E-state index contributed by atoms with van der Waals surface area (Å²) in [5.74, 6) is 0.786. The molecule has 2 rings (SSSR count). The Morgan fingerprint density at radius 1 is 1.50 bits per heavy atom. The second-order valence-corrected chi connectivity index (χ2v) is 5.81. The maximum Gasteiger partial charge on any atom is 0.148 e. The highest BCUT2D eigenvalue weighted by Gasteiger charge is 2.16. The predicted molar refractivity (Wildman–Crippen MR) is 79.3 cm³/mol. The molecule has 2 aromatic heterocycles. The highest BCUT2D eigenvalue weighted by Crippen LogP contribution is 2.28. The van der Waals surface area contributed by atoms with E-state index in [1.54, 1.807) is 23.6 Å². The van der Waals surface area contributed by atoms with E-state index in [0.717, 1.165) is 12.4 Å². The van der Waals surface area contributed by atoms with Crippen molar-refractivity contribution in [2.24, 2.45) is 0 Å². The predicted octanol–water partition coefficient (Wildman–Crippen LogP) is 3.79. The summed E-state index contributed by atoms with van der Waals surface area (Å²) in [6.45, 7) is 5.07. The number of rotatable bonds is 4. The Hall–Kier alpha value is -1.26. The first-order valence-corrected chi connectivity index (χ1v) is 7.03. The molecule has 0 bridgehead atoms. The van der Waals surface area contributed by atoms with E-state index in [1.165, 1.54) is 4.88 Å². The minimum Gasteiger partial charge on any atom is -0.397 e. The van der Waals surface area contributed by atoms with Crippen molar-refractivity contribution in [3.8, 4) is 0 Å². The van der Waals surface area contributed by atoms with Crippen molar-refractivity contribution in [1.29, 1.82) is 0 Å². The molecule has 0 aromatic carbocycles. The minimum absolute atomic E-state index is 0.320. The van der Waals surface area contributed by atoms with Gasteiger partial charge in [-0.2, -0.15) is 0 Å². The quantitative estimate of drug-likeness (QED) is 0.927. The molecule has 2 aromatic rings. The van der Waals surface area contributed by atoms with Crippen molar-refractivity contribution in [2.45, 2.75) is 26.4 Å². The van der Waals surface area contributed by atoms with Gasteiger partial charge in [-0.15, -0.1) is 11.3 Å². The fourth-order valence-corrected chi connectivity index (χ4v) is 2.72. The number of hydrogen-bond donors (Lipinski definition) is 1. The molecule has 0 aliphatic carbocycles. The van der Waals surface area contributed by atoms with Gasteiger partial charge in [-0.25, -0.2) is 4.98 Å². The average molecular weight is 282 g/mol. The first-order valence-electron chi connectivity index (χ1n) is 5.78. The van der Waals surface area contributed by atoms with E-state index in [2.05, 4.69) is 41.2 Å². The molecule has 3 nitrogen and oxygen atoms in total. The summed E-state index contributed by atoms with van der Waals surface area (Å²) in [5.41, 5.74) is 6.26. The third-order valence-corrected chi connectivity index (χ3v) is 3.78. The Kier molecular flexibility index (Phi) is 4.09. The Labute approximate surface area is 116 Å². The summed E-state index contributed by atoms with van der Waals surface area (Å²) in [6, 6.07) is 6.23. The molecule has 5 heteroatoms. The van der Waals surface area contributed by atoms with E-state index < -0.39 is 0 Å². The molecular weight excluding hydrogens is 266 g/mol. The van der Waals surface area contributed by atoms with Gasteiger partial charge in [0.25, 0.3) is 0 Å². The molecule has 0 unspecified atom stereocenters. The van der Waals surface area contributed by atoms with Crippen LogP contribution >= 0.6 is 22.9 Å². The van der Waals surface area contributed by atoms with Crippen LogP contribution in [0.4, 0.5) is 11.5 Å². The SMILES string of the molecule is CC(C)N(Cc1cccs1)c1ncc(N)cc1Cl. The van der Waals surface area contributed by atoms with Crippen LogP contribution in [0.5, 0.6) is 0 Å². The van der Waals surface area contributed by atoms with E-state index in [1.807, 2.05) is 0 Å². The van der Waals surface area contributed by atoms with E-state index in [-0.39, 0.29) is 0 Å². The molecular formula is C13H16ClN3S. The van der Waals surface area contributed by atoms with E-state index in [9.17, 15) is 0 Å². The van der Waals surface area contributed by atoms with Crippen molar-refractivity contribution >= 4 is 34.4 Å². The topological polar surface area (TPSA) is 42.2 Å². The van der Waals surface area contributed by atoms with E-state index in [4.69, 9.17) is 17.3 Å². The lowest BCUT2D eigenvalue weighted by molar-refractivity contribution is 0.677.